The Morgan fingerprint density at radius 1 is 1.13 bits per heavy atom. The molecule has 0 radical (unpaired) electrons. The highest BCUT2D eigenvalue weighted by Crippen LogP contribution is 2.35. The molecule has 0 fully saturated rings. The number of aromatic nitrogens is 3. The minimum atomic E-state index is -0.199. The summed E-state index contributed by atoms with van der Waals surface area (Å²) in [6, 6.07) is 12.7. The number of carbonyl (C=O) groups excluding carboxylic acids is 1. The first-order chi connectivity index (χ1) is 14.8. The standard InChI is InChI=1S/C24H22Cl2N4O/c1-13-22(24(31)28-14(2)19-12-27-30(4)15(19)3)18-7-5-6-8-21(18)29-23(13)17-10-9-16(25)11-20(17)26/h5-12,14H,1-4H3,(H,28,31)/t14-/m0/s1. The molecule has 0 spiro atoms. The Balaban J connectivity index is 1.83. The van der Waals surface area contributed by atoms with E-state index in [0.29, 0.717) is 21.3 Å². The molecule has 1 amide bonds. The molecule has 0 aliphatic rings. The molecule has 5 nitrogen and oxygen atoms in total. The zero-order chi connectivity index (χ0) is 22.3. The normalized spacial score (nSPS) is 12.2. The van der Waals surface area contributed by atoms with Crippen molar-refractivity contribution in [2.75, 3.05) is 0 Å². The lowest BCUT2D eigenvalue weighted by Gasteiger charge is -2.18. The van der Waals surface area contributed by atoms with Crippen LogP contribution in [0.5, 0.6) is 0 Å². The maximum Gasteiger partial charge on any atom is 0.252 e. The van der Waals surface area contributed by atoms with E-state index in [-0.39, 0.29) is 11.9 Å². The summed E-state index contributed by atoms with van der Waals surface area (Å²) in [5.74, 6) is -0.168. The van der Waals surface area contributed by atoms with E-state index in [4.69, 9.17) is 28.2 Å². The van der Waals surface area contributed by atoms with Gasteiger partial charge in [0, 0.05) is 34.3 Å². The molecule has 1 atom stereocenters. The second kappa shape index (κ2) is 8.33. The van der Waals surface area contributed by atoms with Crippen LogP contribution in [-0.2, 0) is 7.05 Å². The Morgan fingerprint density at radius 3 is 2.55 bits per heavy atom. The van der Waals surface area contributed by atoms with Crippen molar-refractivity contribution in [3.8, 4) is 11.3 Å². The number of nitrogens with one attached hydrogen (secondary N) is 1. The van der Waals surface area contributed by atoms with Gasteiger partial charge in [0.1, 0.15) is 0 Å². The predicted molar refractivity (Wildman–Crippen MR) is 126 cm³/mol. The average Bonchev–Trinajstić information content (AvgIpc) is 3.06. The van der Waals surface area contributed by atoms with Crippen molar-refractivity contribution < 1.29 is 4.79 Å². The topological polar surface area (TPSA) is 59.8 Å². The Kier molecular flexibility index (Phi) is 5.73. The molecule has 2 aromatic heterocycles. The van der Waals surface area contributed by atoms with Crippen molar-refractivity contribution in [3.05, 3.63) is 81.1 Å². The van der Waals surface area contributed by atoms with E-state index in [9.17, 15) is 4.79 Å². The molecule has 7 heteroatoms. The summed E-state index contributed by atoms with van der Waals surface area (Å²) in [6.07, 6.45) is 1.79. The number of hydrogen-bond acceptors (Lipinski definition) is 3. The van der Waals surface area contributed by atoms with Crippen LogP contribution in [0.3, 0.4) is 0 Å². The lowest BCUT2D eigenvalue weighted by Crippen LogP contribution is -2.28. The monoisotopic (exact) mass is 452 g/mol. The first-order valence-corrected chi connectivity index (χ1v) is 10.7. The maximum absolute atomic E-state index is 13.5. The van der Waals surface area contributed by atoms with Gasteiger partial charge in [0.2, 0.25) is 0 Å². The lowest BCUT2D eigenvalue weighted by molar-refractivity contribution is 0.0941. The first-order valence-electron chi connectivity index (χ1n) is 9.92. The highest BCUT2D eigenvalue weighted by Gasteiger charge is 2.22. The van der Waals surface area contributed by atoms with E-state index in [0.717, 1.165) is 33.3 Å². The van der Waals surface area contributed by atoms with Crippen LogP contribution in [-0.4, -0.2) is 20.7 Å². The molecule has 1 N–H and O–H groups in total. The molecule has 31 heavy (non-hydrogen) atoms. The summed E-state index contributed by atoms with van der Waals surface area (Å²) < 4.78 is 1.80. The van der Waals surface area contributed by atoms with Crippen molar-refractivity contribution in [3.63, 3.8) is 0 Å². The summed E-state index contributed by atoms with van der Waals surface area (Å²) in [4.78, 5) is 18.3. The van der Waals surface area contributed by atoms with Gasteiger partial charge in [-0.15, -0.1) is 0 Å². The number of aryl methyl sites for hydroxylation is 1. The number of fused-ring (bicyclic) bond motifs is 1. The van der Waals surface area contributed by atoms with Gasteiger partial charge in [-0.2, -0.15) is 5.10 Å². The average molecular weight is 453 g/mol. The molecule has 0 saturated heterocycles. The van der Waals surface area contributed by atoms with Gasteiger partial charge in [0.25, 0.3) is 5.91 Å². The molecule has 0 aliphatic carbocycles. The number of para-hydroxylation sites is 1. The molecular weight excluding hydrogens is 431 g/mol. The zero-order valence-electron chi connectivity index (χ0n) is 17.7. The minimum Gasteiger partial charge on any atom is -0.345 e. The molecule has 0 saturated carbocycles. The number of carbonyl (C=O) groups is 1. The quantitative estimate of drug-likeness (QED) is 0.409. The summed E-state index contributed by atoms with van der Waals surface area (Å²) in [5, 5.41) is 9.24. The Labute approximate surface area is 191 Å². The molecular formula is C24H22Cl2N4O. The lowest BCUT2D eigenvalue weighted by atomic mass is 9.96. The Bertz CT molecular complexity index is 1310. The highest BCUT2D eigenvalue weighted by atomic mass is 35.5. The molecule has 158 valence electrons. The number of nitrogens with zero attached hydrogens (tertiary/aromatic N) is 3. The van der Waals surface area contributed by atoms with Crippen LogP contribution in [0.4, 0.5) is 0 Å². The number of rotatable bonds is 4. The molecule has 0 aliphatic heterocycles. The summed E-state index contributed by atoms with van der Waals surface area (Å²) >= 11 is 12.5. The third-order valence-corrected chi connectivity index (χ3v) is 6.18. The van der Waals surface area contributed by atoms with E-state index in [1.54, 1.807) is 23.0 Å². The van der Waals surface area contributed by atoms with Crippen LogP contribution in [0.1, 0.15) is 40.1 Å². The molecule has 2 aromatic carbocycles. The number of hydrogen-bond donors (Lipinski definition) is 1. The molecule has 4 rings (SSSR count). The van der Waals surface area contributed by atoms with Crippen LogP contribution in [0.15, 0.2) is 48.7 Å². The fourth-order valence-electron chi connectivity index (χ4n) is 3.83. The fraction of sp³-hybridized carbons (Fsp3) is 0.208. The number of halogens is 2. The van der Waals surface area contributed by atoms with Crippen LogP contribution in [0, 0.1) is 13.8 Å². The second-order valence-electron chi connectivity index (χ2n) is 7.61. The van der Waals surface area contributed by atoms with Gasteiger partial charge in [-0.3, -0.25) is 9.48 Å². The molecule has 4 aromatic rings. The van der Waals surface area contributed by atoms with E-state index >= 15 is 0 Å². The van der Waals surface area contributed by atoms with Gasteiger partial charge in [-0.05, 0) is 50.6 Å². The largest absolute Gasteiger partial charge is 0.345 e. The van der Waals surface area contributed by atoms with E-state index < -0.39 is 0 Å². The van der Waals surface area contributed by atoms with Crippen molar-refractivity contribution >= 4 is 40.0 Å². The van der Waals surface area contributed by atoms with Crippen molar-refractivity contribution in [1.29, 1.82) is 0 Å². The third-order valence-electron chi connectivity index (χ3n) is 5.64. The minimum absolute atomic E-state index is 0.168. The van der Waals surface area contributed by atoms with E-state index in [2.05, 4.69) is 10.4 Å². The SMILES string of the molecule is Cc1c(-c2ccc(Cl)cc2Cl)nc2ccccc2c1C(=O)N[C@@H](C)c1cnn(C)c1C. The van der Waals surface area contributed by atoms with Crippen molar-refractivity contribution in [2.24, 2.45) is 7.05 Å². The smallest absolute Gasteiger partial charge is 0.252 e. The summed E-state index contributed by atoms with van der Waals surface area (Å²) in [6.45, 7) is 5.84. The maximum atomic E-state index is 13.5. The van der Waals surface area contributed by atoms with Crippen LogP contribution >= 0.6 is 23.2 Å². The summed E-state index contributed by atoms with van der Waals surface area (Å²) in [7, 11) is 1.88. The van der Waals surface area contributed by atoms with Gasteiger partial charge in [0.05, 0.1) is 34.0 Å². The number of amides is 1. The van der Waals surface area contributed by atoms with Crippen LogP contribution in [0.2, 0.25) is 10.0 Å². The molecule has 0 unspecified atom stereocenters. The fourth-order valence-corrected chi connectivity index (χ4v) is 4.33. The van der Waals surface area contributed by atoms with Gasteiger partial charge in [-0.1, -0.05) is 41.4 Å². The van der Waals surface area contributed by atoms with Gasteiger partial charge < -0.3 is 5.32 Å². The van der Waals surface area contributed by atoms with Gasteiger partial charge in [0.15, 0.2) is 0 Å². The van der Waals surface area contributed by atoms with Crippen molar-refractivity contribution in [2.45, 2.75) is 26.8 Å². The highest BCUT2D eigenvalue weighted by molar-refractivity contribution is 6.36. The van der Waals surface area contributed by atoms with Gasteiger partial charge >= 0.3 is 0 Å². The number of benzene rings is 2. The Hall–Kier alpha value is -2.89. The Morgan fingerprint density at radius 2 is 1.87 bits per heavy atom. The number of pyridine rings is 1. The zero-order valence-corrected chi connectivity index (χ0v) is 19.2. The predicted octanol–water partition coefficient (Wildman–Crippen LogP) is 6.05. The second-order valence-corrected chi connectivity index (χ2v) is 8.45. The van der Waals surface area contributed by atoms with Crippen LogP contribution < -0.4 is 5.32 Å². The van der Waals surface area contributed by atoms with E-state index in [1.165, 1.54) is 0 Å². The summed E-state index contributed by atoms with van der Waals surface area (Å²) in [5.41, 5.74) is 5.46. The molecule has 2 heterocycles. The first kappa shape index (κ1) is 21.3. The van der Waals surface area contributed by atoms with Crippen molar-refractivity contribution in [1.82, 2.24) is 20.1 Å². The molecule has 0 bridgehead atoms. The van der Waals surface area contributed by atoms with E-state index in [1.807, 2.05) is 58.2 Å². The third kappa shape index (κ3) is 3.91. The van der Waals surface area contributed by atoms with Crippen LogP contribution in [0.25, 0.3) is 22.2 Å². The van der Waals surface area contributed by atoms with Gasteiger partial charge in [-0.25, -0.2) is 4.98 Å².